The zero-order valence-electron chi connectivity index (χ0n) is 18.5. The number of hydrogen-bond donors (Lipinski definition) is 1. The van der Waals surface area contributed by atoms with Crippen LogP contribution in [0.4, 0.5) is 5.82 Å². The average molecular weight is 440 g/mol. The molecule has 3 heterocycles. The molecular weight excluding hydrogens is 414 g/mol. The summed E-state index contributed by atoms with van der Waals surface area (Å²) in [5, 5.41) is 3.19. The molecule has 1 N–H and O–H groups in total. The Kier molecular flexibility index (Phi) is 5.71. The molecule has 1 aliphatic heterocycles. The number of aromatic nitrogens is 3. The molecule has 1 aliphatic rings. The van der Waals surface area contributed by atoms with Crippen LogP contribution in [0, 0.1) is 0 Å². The van der Waals surface area contributed by atoms with E-state index in [0.717, 1.165) is 25.2 Å². The number of hydrogen-bond acceptors (Lipinski definition) is 5. The minimum absolute atomic E-state index is 0.188. The molecule has 33 heavy (non-hydrogen) atoms. The van der Waals surface area contributed by atoms with Crippen molar-refractivity contribution >= 4 is 22.6 Å². The van der Waals surface area contributed by atoms with E-state index < -0.39 is 0 Å². The molecule has 1 fully saturated rings. The summed E-state index contributed by atoms with van der Waals surface area (Å²) in [5.74, 6) is 0.626. The van der Waals surface area contributed by atoms with E-state index in [1.165, 1.54) is 18.4 Å². The number of nitrogens with zero attached hydrogens (tertiary/aromatic N) is 4. The fourth-order valence-electron chi connectivity index (χ4n) is 4.36. The normalized spacial score (nSPS) is 14.0. The Labute approximate surface area is 191 Å². The topological polar surface area (TPSA) is 80.1 Å². The molecule has 1 amide bonds. The molecule has 0 saturated carbocycles. The predicted molar refractivity (Wildman–Crippen MR) is 129 cm³/mol. The SMILES string of the molecule is Cn1c(-c2cccc(CN3CCCC3)c2)nc2c(C(=O)Nc3ccccn3)cccc2c1=O. The van der Waals surface area contributed by atoms with Gasteiger partial charge in [-0.1, -0.05) is 30.3 Å². The molecule has 0 spiro atoms. The molecule has 5 rings (SSSR count). The summed E-state index contributed by atoms with van der Waals surface area (Å²) >= 11 is 0. The number of rotatable bonds is 5. The first-order chi connectivity index (χ1) is 16.1. The van der Waals surface area contributed by atoms with Crippen LogP contribution in [0.3, 0.4) is 0 Å². The molecule has 0 bridgehead atoms. The molecule has 1 saturated heterocycles. The van der Waals surface area contributed by atoms with Crippen molar-refractivity contribution in [2.75, 3.05) is 18.4 Å². The first kappa shape index (κ1) is 21.0. The fourth-order valence-corrected chi connectivity index (χ4v) is 4.36. The number of pyridine rings is 1. The van der Waals surface area contributed by atoms with Crippen LogP contribution in [-0.2, 0) is 13.6 Å². The Hall–Kier alpha value is -3.84. The first-order valence-electron chi connectivity index (χ1n) is 11.1. The van der Waals surface area contributed by atoms with Crippen molar-refractivity contribution in [3.05, 3.63) is 88.3 Å². The summed E-state index contributed by atoms with van der Waals surface area (Å²) in [6.45, 7) is 3.12. The molecule has 2 aromatic heterocycles. The number of benzene rings is 2. The second-order valence-electron chi connectivity index (χ2n) is 8.35. The van der Waals surface area contributed by atoms with E-state index >= 15 is 0 Å². The standard InChI is InChI=1S/C26H25N5O2/c1-30-24(19-9-6-8-18(16-19)17-31-14-4-5-15-31)29-23-20(10-7-11-21(23)26(30)33)25(32)28-22-12-2-3-13-27-22/h2-3,6-13,16H,4-5,14-15,17H2,1H3,(H,27,28,32). The maximum absolute atomic E-state index is 13.2. The van der Waals surface area contributed by atoms with Gasteiger partial charge in [-0.2, -0.15) is 0 Å². The highest BCUT2D eigenvalue weighted by molar-refractivity contribution is 6.11. The minimum Gasteiger partial charge on any atom is -0.306 e. The van der Waals surface area contributed by atoms with Crippen LogP contribution in [0.15, 0.2) is 71.7 Å². The van der Waals surface area contributed by atoms with E-state index in [0.29, 0.717) is 28.1 Å². The predicted octanol–water partition coefficient (Wildman–Crippen LogP) is 3.84. The molecule has 7 nitrogen and oxygen atoms in total. The summed E-state index contributed by atoms with van der Waals surface area (Å²) < 4.78 is 1.55. The number of amides is 1. The number of anilines is 1. The number of para-hydroxylation sites is 1. The molecule has 0 aliphatic carbocycles. The van der Waals surface area contributed by atoms with Gasteiger partial charge in [0.1, 0.15) is 11.6 Å². The Balaban J connectivity index is 1.56. The van der Waals surface area contributed by atoms with Gasteiger partial charge in [0.05, 0.1) is 16.5 Å². The third-order valence-corrected chi connectivity index (χ3v) is 6.05. The van der Waals surface area contributed by atoms with Gasteiger partial charge in [0, 0.05) is 25.4 Å². The van der Waals surface area contributed by atoms with Gasteiger partial charge in [-0.05, 0) is 61.8 Å². The van der Waals surface area contributed by atoms with Crippen molar-refractivity contribution in [2.45, 2.75) is 19.4 Å². The van der Waals surface area contributed by atoms with Crippen molar-refractivity contribution in [1.29, 1.82) is 0 Å². The largest absolute Gasteiger partial charge is 0.306 e. The summed E-state index contributed by atoms with van der Waals surface area (Å²) in [6, 6.07) is 18.5. The fraction of sp³-hybridized carbons (Fsp3) is 0.231. The lowest BCUT2D eigenvalue weighted by Crippen LogP contribution is -2.22. The quantitative estimate of drug-likeness (QED) is 0.511. The van der Waals surface area contributed by atoms with Crippen LogP contribution >= 0.6 is 0 Å². The monoisotopic (exact) mass is 439 g/mol. The van der Waals surface area contributed by atoms with Gasteiger partial charge in [0.15, 0.2) is 0 Å². The number of carbonyl (C=O) groups is 1. The summed E-state index contributed by atoms with van der Waals surface area (Å²) in [6.07, 6.45) is 4.09. The minimum atomic E-state index is -0.353. The van der Waals surface area contributed by atoms with Crippen molar-refractivity contribution in [3.63, 3.8) is 0 Å². The van der Waals surface area contributed by atoms with Gasteiger partial charge in [-0.3, -0.25) is 19.1 Å². The molecule has 0 radical (unpaired) electrons. The molecule has 4 aromatic rings. The van der Waals surface area contributed by atoms with Crippen LogP contribution in [0.5, 0.6) is 0 Å². The van der Waals surface area contributed by atoms with Crippen LogP contribution in [0.1, 0.15) is 28.8 Å². The van der Waals surface area contributed by atoms with E-state index in [-0.39, 0.29) is 11.5 Å². The lowest BCUT2D eigenvalue weighted by atomic mass is 10.1. The lowest BCUT2D eigenvalue weighted by Gasteiger charge is -2.16. The Morgan fingerprint density at radius 2 is 1.85 bits per heavy atom. The molecular formula is C26H25N5O2. The van der Waals surface area contributed by atoms with Gasteiger partial charge in [-0.25, -0.2) is 9.97 Å². The number of nitrogens with one attached hydrogen (secondary N) is 1. The Bertz CT molecular complexity index is 1370. The van der Waals surface area contributed by atoms with Gasteiger partial charge < -0.3 is 5.32 Å². The van der Waals surface area contributed by atoms with Crippen LogP contribution < -0.4 is 10.9 Å². The van der Waals surface area contributed by atoms with Crippen molar-refractivity contribution in [1.82, 2.24) is 19.4 Å². The average Bonchev–Trinajstić information content (AvgIpc) is 3.35. The maximum atomic E-state index is 13.2. The second-order valence-corrected chi connectivity index (χ2v) is 8.35. The molecule has 166 valence electrons. The van der Waals surface area contributed by atoms with Gasteiger partial charge in [0.2, 0.25) is 0 Å². The Morgan fingerprint density at radius 1 is 1.03 bits per heavy atom. The van der Waals surface area contributed by atoms with E-state index in [4.69, 9.17) is 4.98 Å². The summed E-state index contributed by atoms with van der Waals surface area (Å²) in [5.41, 5.74) is 2.57. The van der Waals surface area contributed by atoms with Gasteiger partial charge in [-0.15, -0.1) is 0 Å². The van der Waals surface area contributed by atoms with Crippen molar-refractivity contribution < 1.29 is 4.79 Å². The van der Waals surface area contributed by atoms with Crippen molar-refractivity contribution in [3.8, 4) is 11.4 Å². The van der Waals surface area contributed by atoms with Crippen molar-refractivity contribution in [2.24, 2.45) is 7.05 Å². The Morgan fingerprint density at radius 3 is 2.64 bits per heavy atom. The molecule has 0 unspecified atom stereocenters. The first-order valence-corrected chi connectivity index (χ1v) is 11.1. The highest BCUT2D eigenvalue weighted by atomic mass is 16.2. The molecule has 2 aromatic carbocycles. The zero-order valence-corrected chi connectivity index (χ0v) is 18.5. The van der Waals surface area contributed by atoms with Gasteiger partial charge >= 0.3 is 0 Å². The van der Waals surface area contributed by atoms with Gasteiger partial charge in [0.25, 0.3) is 11.5 Å². The summed E-state index contributed by atoms with van der Waals surface area (Å²) in [4.78, 5) is 37.6. The summed E-state index contributed by atoms with van der Waals surface area (Å²) in [7, 11) is 1.72. The highest BCUT2D eigenvalue weighted by Crippen LogP contribution is 2.23. The molecule has 7 heteroatoms. The van der Waals surface area contributed by atoms with E-state index in [2.05, 4.69) is 27.3 Å². The maximum Gasteiger partial charge on any atom is 0.261 e. The third kappa shape index (κ3) is 4.27. The van der Waals surface area contributed by atoms with Crippen LogP contribution in [0.2, 0.25) is 0 Å². The highest BCUT2D eigenvalue weighted by Gasteiger charge is 2.18. The second kappa shape index (κ2) is 8.96. The van der Waals surface area contributed by atoms with Crippen LogP contribution in [-0.4, -0.2) is 38.4 Å². The van der Waals surface area contributed by atoms with E-state index in [1.54, 1.807) is 54.2 Å². The zero-order chi connectivity index (χ0) is 22.8. The van der Waals surface area contributed by atoms with E-state index in [1.807, 2.05) is 12.1 Å². The third-order valence-electron chi connectivity index (χ3n) is 6.05. The number of carbonyl (C=O) groups excluding carboxylic acids is 1. The number of fused-ring (bicyclic) bond motifs is 1. The van der Waals surface area contributed by atoms with Crippen LogP contribution in [0.25, 0.3) is 22.3 Å². The smallest absolute Gasteiger partial charge is 0.261 e. The van der Waals surface area contributed by atoms with E-state index in [9.17, 15) is 9.59 Å². The number of likely N-dealkylation sites (tertiary alicyclic amines) is 1. The molecule has 0 atom stereocenters. The lowest BCUT2D eigenvalue weighted by molar-refractivity contribution is 0.102.